The van der Waals surface area contributed by atoms with E-state index in [9.17, 15) is 5.21 Å². The summed E-state index contributed by atoms with van der Waals surface area (Å²) < 4.78 is 11.0. The molecule has 0 aromatic carbocycles. The van der Waals surface area contributed by atoms with Crippen LogP contribution in [0.4, 0.5) is 0 Å². The molecule has 1 fully saturated rings. The maximum Gasteiger partial charge on any atom is 0.121 e. The molecular formula is C15H18N2O3. The van der Waals surface area contributed by atoms with Crippen molar-refractivity contribution < 1.29 is 14.0 Å². The number of furan rings is 2. The summed E-state index contributed by atoms with van der Waals surface area (Å²) in [5.41, 5.74) is 0.786. The molecule has 1 aliphatic rings. The van der Waals surface area contributed by atoms with E-state index in [1.54, 1.807) is 12.5 Å². The topological polar surface area (TPSA) is 70.9 Å². The Morgan fingerprint density at radius 1 is 1.25 bits per heavy atom. The molecule has 106 valence electrons. The van der Waals surface area contributed by atoms with Crippen LogP contribution in [0.25, 0.3) is 0 Å². The predicted molar refractivity (Wildman–Crippen MR) is 73.7 cm³/mol. The van der Waals surface area contributed by atoms with Crippen molar-refractivity contribution in [1.29, 1.82) is 0 Å². The number of oxime groups is 1. The van der Waals surface area contributed by atoms with Crippen molar-refractivity contribution in [2.75, 3.05) is 0 Å². The van der Waals surface area contributed by atoms with Crippen LogP contribution in [0.5, 0.6) is 0 Å². The minimum atomic E-state index is -0.00949. The van der Waals surface area contributed by atoms with Crippen molar-refractivity contribution in [1.82, 2.24) is 5.32 Å². The quantitative estimate of drug-likeness (QED) is 0.663. The van der Waals surface area contributed by atoms with E-state index in [0.717, 1.165) is 23.7 Å². The van der Waals surface area contributed by atoms with Gasteiger partial charge >= 0.3 is 0 Å². The van der Waals surface area contributed by atoms with Gasteiger partial charge in [0.05, 0.1) is 30.3 Å². The zero-order chi connectivity index (χ0) is 13.9. The van der Waals surface area contributed by atoms with Crippen molar-refractivity contribution in [3.8, 4) is 0 Å². The first-order valence-electron chi connectivity index (χ1n) is 6.87. The highest BCUT2D eigenvalue weighted by atomic mass is 16.4. The Kier molecular flexibility index (Phi) is 3.60. The van der Waals surface area contributed by atoms with Crippen LogP contribution in [0.3, 0.4) is 0 Å². The lowest BCUT2D eigenvalue weighted by Crippen LogP contribution is -2.42. The summed E-state index contributed by atoms with van der Waals surface area (Å²) in [4.78, 5) is 0. The summed E-state index contributed by atoms with van der Waals surface area (Å²) in [6.07, 6.45) is 4.83. The zero-order valence-corrected chi connectivity index (χ0v) is 11.3. The smallest absolute Gasteiger partial charge is 0.121 e. The Morgan fingerprint density at radius 3 is 2.50 bits per heavy atom. The summed E-state index contributed by atoms with van der Waals surface area (Å²) in [6.45, 7) is 2.08. The highest BCUT2D eigenvalue weighted by Crippen LogP contribution is 2.37. The van der Waals surface area contributed by atoms with Crippen LogP contribution in [0.2, 0.25) is 0 Å². The molecule has 1 saturated heterocycles. The second kappa shape index (κ2) is 5.54. The fourth-order valence-corrected chi connectivity index (χ4v) is 2.95. The van der Waals surface area contributed by atoms with Crippen LogP contribution in [-0.2, 0) is 0 Å². The lowest BCUT2D eigenvalue weighted by molar-refractivity contribution is 0.256. The summed E-state index contributed by atoms with van der Waals surface area (Å²) in [5.74, 6) is 1.82. The average molecular weight is 274 g/mol. The summed E-state index contributed by atoms with van der Waals surface area (Å²) in [6, 6.07) is 7.59. The summed E-state index contributed by atoms with van der Waals surface area (Å²) in [7, 11) is 0. The van der Waals surface area contributed by atoms with Crippen molar-refractivity contribution in [2.45, 2.75) is 31.8 Å². The standard InChI is InChI=1S/C15H18N2O3/c1-2-10-11(17-18)9-12(13-5-3-7-19-13)16-15(10)14-6-4-8-20-14/h3-8,10,12,15-16,18H,2,9H2,1H3/b17-11+. The molecule has 5 heteroatoms. The third-order valence-corrected chi connectivity index (χ3v) is 3.93. The molecule has 20 heavy (non-hydrogen) atoms. The molecule has 0 amide bonds. The first kappa shape index (κ1) is 13.0. The normalized spacial score (nSPS) is 28.9. The van der Waals surface area contributed by atoms with Gasteiger partial charge in [-0.05, 0) is 30.7 Å². The molecule has 0 radical (unpaired) electrons. The van der Waals surface area contributed by atoms with Gasteiger partial charge in [-0.15, -0.1) is 0 Å². The Morgan fingerprint density at radius 2 is 1.95 bits per heavy atom. The van der Waals surface area contributed by atoms with E-state index in [2.05, 4.69) is 17.4 Å². The zero-order valence-electron chi connectivity index (χ0n) is 11.3. The maximum atomic E-state index is 9.32. The molecule has 3 atom stereocenters. The van der Waals surface area contributed by atoms with E-state index in [-0.39, 0.29) is 18.0 Å². The van der Waals surface area contributed by atoms with Crippen molar-refractivity contribution in [3.63, 3.8) is 0 Å². The Balaban J connectivity index is 1.93. The van der Waals surface area contributed by atoms with Gasteiger partial charge in [-0.3, -0.25) is 5.32 Å². The Hall–Kier alpha value is -2.01. The molecular weight excluding hydrogens is 256 g/mol. The molecule has 3 rings (SSSR count). The molecule has 2 N–H and O–H groups in total. The summed E-state index contributed by atoms with van der Waals surface area (Å²) >= 11 is 0. The molecule has 0 bridgehead atoms. The first-order valence-corrected chi connectivity index (χ1v) is 6.87. The van der Waals surface area contributed by atoms with Crippen LogP contribution >= 0.6 is 0 Å². The minimum Gasteiger partial charge on any atom is -0.468 e. The molecule has 2 aromatic rings. The lowest BCUT2D eigenvalue weighted by atomic mass is 9.82. The molecule has 0 spiro atoms. The van der Waals surface area contributed by atoms with Gasteiger partial charge in [-0.2, -0.15) is 0 Å². The van der Waals surface area contributed by atoms with Crippen LogP contribution in [0.15, 0.2) is 50.8 Å². The first-order chi connectivity index (χ1) is 9.83. The van der Waals surface area contributed by atoms with E-state index in [4.69, 9.17) is 8.83 Å². The van der Waals surface area contributed by atoms with Gasteiger partial charge in [0.2, 0.25) is 0 Å². The maximum absolute atomic E-state index is 9.32. The van der Waals surface area contributed by atoms with E-state index < -0.39 is 0 Å². The van der Waals surface area contributed by atoms with Crippen LogP contribution < -0.4 is 5.32 Å². The number of hydrogen-bond acceptors (Lipinski definition) is 5. The molecule has 5 nitrogen and oxygen atoms in total. The fourth-order valence-electron chi connectivity index (χ4n) is 2.95. The minimum absolute atomic E-state index is 0.00574. The lowest BCUT2D eigenvalue weighted by Gasteiger charge is -2.35. The SMILES string of the molecule is CCC1/C(=N/O)CC(c2ccco2)NC1c1ccco1. The number of piperidine rings is 1. The number of nitrogens with zero attached hydrogens (tertiary/aromatic N) is 1. The van der Waals surface area contributed by atoms with E-state index in [0.29, 0.717) is 6.42 Å². The van der Waals surface area contributed by atoms with E-state index in [1.807, 2.05) is 24.3 Å². The van der Waals surface area contributed by atoms with Gasteiger partial charge in [-0.25, -0.2) is 0 Å². The van der Waals surface area contributed by atoms with Gasteiger partial charge in [0.25, 0.3) is 0 Å². The molecule has 1 aliphatic heterocycles. The van der Waals surface area contributed by atoms with Gasteiger partial charge in [0.15, 0.2) is 0 Å². The van der Waals surface area contributed by atoms with Crippen molar-refractivity contribution in [2.24, 2.45) is 11.1 Å². The van der Waals surface area contributed by atoms with Gasteiger partial charge in [0, 0.05) is 12.3 Å². The largest absolute Gasteiger partial charge is 0.468 e. The van der Waals surface area contributed by atoms with Gasteiger partial charge in [-0.1, -0.05) is 12.1 Å². The molecule has 2 aromatic heterocycles. The number of rotatable bonds is 3. The Labute approximate surface area is 117 Å². The summed E-state index contributed by atoms with van der Waals surface area (Å²) in [5, 5.41) is 16.4. The predicted octanol–water partition coefficient (Wildman–Crippen LogP) is 3.50. The van der Waals surface area contributed by atoms with E-state index >= 15 is 0 Å². The van der Waals surface area contributed by atoms with Crippen LogP contribution in [0.1, 0.15) is 43.4 Å². The highest BCUT2D eigenvalue weighted by Gasteiger charge is 2.37. The van der Waals surface area contributed by atoms with Gasteiger partial charge < -0.3 is 14.0 Å². The van der Waals surface area contributed by atoms with Crippen LogP contribution in [-0.4, -0.2) is 10.9 Å². The third kappa shape index (κ3) is 2.25. The number of hydrogen-bond donors (Lipinski definition) is 2. The van der Waals surface area contributed by atoms with Gasteiger partial charge in [0.1, 0.15) is 11.5 Å². The second-order valence-electron chi connectivity index (χ2n) is 5.04. The Bertz CT molecular complexity index is 560. The average Bonchev–Trinajstić information content (AvgIpc) is 3.18. The monoisotopic (exact) mass is 274 g/mol. The molecule has 3 heterocycles. The molecule has 0 aliphatic carbocycles. The van der Waals surface area contributed by atoms with E-state index in [1.165, 1.54) is 0 Å². The van der Waals surface area contributed by atoms with Crippen molar-refractivity contribution >= 4 is 5.71 Å². The highest BCUT2D eigenvalue weighted by molar-refractivity contribution is 5.88. The molecule has 3 unspecified atom stereocenters. The number of nitrogens with one attached hydrogen (secondary N) is 1. The van der Waals surface area contributed by atoms with Crippen LogP contribution in [0, 0.1) is 5.92 Å². The third-order valence-electron chi connectivity index (χ3n) is 3.93. The molecule has 0 saturated carbocycles. The fraction of sp³-hybridized carbons (Fsp3) is 0.400. The van der Waals surface area contributed by atoms with Crippen molar-refractivity contribution in [3.05, 3.63) is 48.3 Å². The second-order valence-corrected chi connectivity index (χ2v) is 5.04.